The van der Waals surface area contributed by atoms with Crippen LogP contribution in [0, 0.1) is 0 Å². The molecule has 0 aliphatic carbocycles. The van der Waals surface area contributed by atoms with Crippen molar-refractivity contribution < 1.29 is 0 Å². The van der Waals surface area contributed by atoms with Crippen LogP contribution in [0.5, 0.6) is 0 Å². The average molecular weight is 212 g/mol. The van der Waals surface area contributed by atoms with Gasteiger partial charge in [-0.1, -0.05) is 36.6 Å². The van der Waals surface area contributed by atoms with Crippen molar-refractivity contribution in [3.05, 3.63) is 34.9 Å². The monoisotopic (exact) mass is 211 g/mol. The first kappa shape index (κ1) is 11.5. The molecule has 0 heterocycles. The lowest BCUT2D eigenvalue weighted by molar-refractivity contribution is 0.647. The van der Waals surface area contributed by atoms with Crippen molar-refractivity contribution in [3.63, 3.8) is 0 Å². The maximum absolute atomic E-state index is 5.80. The zero-order valence-electron chi connectivity index (χ0n) is 8.51. The molecule has 0 saturated carbocycles. The van der Waals surface area contributed by atoms with Gasteiger partial charge in [0.25, 0.3) is 0 Å². The van der Waals surface area contributed by atoms with E-state index in [9.17, 15) is 0 Å². The summed E-state index contributed by atoms with van der Waals surface area (Å²) < 4.78 is 0. The second kappa shape index (κ2) is 6.86. The van der Waals surface area contributed by atoms with Crippen LogP contribution in [-0.2, 0) is 6.42 Å². The highest BCUT2D eigenvalue weighted by Crippen LogP contribution is 2.12. The standard InChI is InChI=1S/C12H18ClN/c13-12-8-6-11(7-9-12)5-3-1-2-4-10-14/h6-9H,1-5,10,14H2. The predicted molar refractivity (Wildman–Crippen MR) is 62.7 cm³/mol. The van der Waals surface area contributed by atoms with Gasteiger partial charge in [-0.3, -0.25) is 0 Å². The van der Waals surface area contributed by atoms with Gasteiger partial charge < -0.3 is 5.73 Å². The number of hydrogen-bond donors (Lipinski definition) is 1. The SMILES string of the molecule is NCCCCCCc1ccc(Cl)cc1. The third kappa shape index (κ3) is 4.64. The minimum absolute atomic E-state index is 0.817. The summed E-state index contributed by atoms with van der Waals surface area (Å²) in [4.78, 5) is 0. The van der Waals surface area contributed by atoms with Crippen LogP contribution in [0.1, 0.15) is 31.2 Å². The smallest absolute Gasteiger partial charge is 0.0406 e. The number of hydrogen-bond acceptors (Lipinski definition) is 1. The lowest BCUT2D eigenvalue weighted by Crippen LogP contribution is -1.97. The van der Waals surface area contributed by atoms with Gasteiger partial charge in [0.15, 0.2) is 0 Å². The van der Waals surface area contributed by atoms with Crippen LogP contribution in [0.15, 0.2) is 24.3 Å². The molecule has 2 N–H and O–H groups in total. The van der Waals surface area contributed by atoms with Crippen LogP contribution in [0.2, 0.25) is 5.02 Å². The first-order valence-corrected chi connectivity index (χ1v) is 5.65. The van der Waals surface area contributed by atoms with E-state index in [0.29, 0.717) is 0 Å². The van der Waals surface area contributed by atoms with Crippen LogP contribution >= 0.6 is 11.6 Å². The van der Waals surface area contributed by atoms with Crippen LogP contribution in [-0.4, -0.2) is 6.54 Å². The summed E-state index contributed by atoms with van der Waals surface area (Å²) in [7, 11) is 0. The second-order valence-electron chi connectivity index (χ2n) is 3.58. The van der Waals surface area contributed by atoms with E-state index in [1.165, 1.54) is 24.8 Å². The molecule has 0 amide bonds. The van der Waals surface area contributed by atoms with Gasteiger partial charge in [0, 0.05) is 5.02 Å². The summed E-state index contributed by atoms with van der Waals surface area (Å²) in [5.74, 6) is 0. The van der Waals surface area contributed by atoms with E-state index in [-0.39, 0.29) is 0 Å². The van der Waals surface area contributed by atoms with Crippen LogP contribution in [0.25, 0.3) is 0 Å². The highest BCUT2D eigenvalue weighted by atomic mass is 35.5. The maximum Gasteiger partial charge on any atom is 0.0406 e. The molecule has 1 nitrogen and oxygen atoms in total. The minimum atomic E-state index is 0.817. The van der Waals surface area contributed by atoms with E-state index in [1.54, 1.807) is 0 Å². The minimum Gasteiger partial charge on any atom is -0.330 e. The third-order valence-electron chi connectivity index (χ3n) is 2.33. The van der Waals surface area contributed by atoms with Gasteiger partial charge in [-0.05, 0) is 43.5 Å². The number of halogens is 1. The van der Waals surface area contributed by atoms with E-state index in [4.69, 9.17) is 17.3 Å². The molecule has 0 aliphatic rings. The molecule has 0 aromatic heterocycles. The van der Waals surface area contributed by atoms with E-state index in [0.717, 1.165) is 24.4 Å². The summed E-state index contributed by atoms with van der Waals surface area (Å²) >= 11 is 5.80. The topological polar surface area (TPSA) is 26.0 Å². The number of aryl methyl sites for hydroxylation is 1. The van der Waals surface area contributed by atoms with Crippen molar-refractivity contribution in [1.82, 2.24) is 0 Å². The molecular weight excluding hydrogens is 194 g/mol. The Morgan fingerprint density at radius 2 is 1.57 bits per heavy atom. The predicted octanol–water partition coefficient (Wildman–Crippen LogP) is 3.40. The zero-order chi connectivity index (χ0) is 10.2. The molecule has 2 heteroatoms. The lowest BCUT2D eigenvalue weighted by Gasteiger charge is -2.01. The number of rotatable bonds is 6. The molecule has 1 aromatic rings. The molecule has 0 atom stereocenters. The van der Waals surface area contributed by atoms with Gasteiger partial charge in [0.05, 0.1) is 0 Å². The number of benzene rings is 1. The Bertz CT molecular complexity index is 243. The Morgan fingerprint density at radius 1 is 0.929 bits per heavy atom. The molecule has 1 aromatic carbocycles. The number of nitrogens with two attached hydrogens (primary N) is 1. The first-order valence-electron chi connectivity index (χ1n) is 5.27. The second-order valence-corrected chi connectivity index (χ2v) is 4.02. The van der Waals surface area contributed by atoms with Crippen molar-refractivity contribution in [3.8, 4) is 0 Å². The Morgan fingerprint density at radius 3 is 2.21 bits per heavy atom. The quantitative estimate of drug-likeness (QED) is 0.718. The lowest BCUT2D eigenvalue weighted by atomic mass is 10.1. The maximum atomic E-state index is 5.80. The highest BCUT2D eigenvalue weighted by molar-refractivity contribution is 6.30. The Kier molecular flexibility index (Phi) is 5.65. The Hall–Kier alpha value is -0.530. The van der Waals surface area contributed by atoms with Crippen molar-refractivity contribution in [2.45, 2.75) is 32.1 Å². The molecular formula is C12H18ClN. The van der Waals surface area contributed by atoms with E-state index in [2.05, 4.69) is 12.1 Å². The van der Waals surface area contributed by atoms with E-state index in [1.807, 2.05) is 12.1 Å². The van der Waals surface area contributed by atoms with E-state index < -0.39 is 0 Å². The summed E-state index contributed by atoms with van der Waals surface area (Å²) in [5, 5.41) is 0.817. The van der Waals surface area contributed by atoms with Crippen molar-refractivity contribution in [2.24, 2.45) is 5.73 Å². The van der Waals surface area contributed by atoms with Crippen molar-refractivity contribution in [1.29, 1.82) is 0 Å². The fourth-order valence-electron chi connectivity index (χ4n) is 1.48. The van der Waals surface area contributed by atoms with Gasteiger partial charge in [0.2, 0.25) is 0 Å². The van der Waals surface area contributed by atoms with Crippen LogP contribution < -0.4 is 5.73 Å². The summed E-state index contributed by atoms with van der Waals surface area (Å²) in [6.07, 6.45) is 6.09. The van der Waals surface area contributed by atoms with Gasteiger partial charge >= 0.3 is 0 Å². The molecule has 0 saturated heterocycles. The summed E-state index contributed by atoms with van der Waals surface area (Å²) in [5.41, 5.74) is 6.80. The molecule has 0 aliphatic heterocycles. The van der Waals surface area contributed by atoms with Crippen molar-refractivity contribution >= 4 is 11.6 Å². The molecule has 0 fully saturated rings. The Balaban J connectivity index is 2.15. The first-order chi connectivity index (χ1) is 6.83. The highest BCUT2D eigenvalue weighted by Gasteiger charge is 1.93. The molecule has 0 bridgehead atoms. The number of unbranched alkanes of at least 4 members (excludes halogenated alkanes) is 3. The summed E-state index contributed by atoms with van der Waals surface area (Å²) in [6.45, 7) is 0.820. The normalized spacial score (nSPS) is 10.4. The fourth-order valence-corrected chi connectivity index (χ4v) is 1.60. The van der Waals surface area contributed by atoms with Gasteiger partial charge in [-0.25, -0.2) is 0 Å². The van der Waals surface area contributed by atoms with Crippen LogP contribution in [0.3, 0.4) is 0 Å². The van der Waals surface area contributed by atoms with Gasteiger partial charge in [0.1, 0.15) is 0 Å². The van der Waals surface area contributed by atoms with Crippen molar-refractivity contribution in [2.75, 3.05) is 6.54 Å². The van der Waals surface area contributed by atoms with Gasteiger partial charge in [-0.2, -0.15) is 0 Å². The third-order valence-corrected chi connectivity index (χ3v) is 2.58. The molecule has 1 rings (SSSR count). The Labute approximate surface area is 91.3 Å². The molecule has 0 unspecified atom stereocenters. The summed E-state index contributed by atoms with van der Waals surface area (Å²) in [6, 6.07) is 8.12. The molecule has 78 valence electrons. The molecule has 14 heavy (non-hydrogen) atoms. The zero-order valence-corrected chi connectivity index (χ0v) is 9.26. The molecule has 0 radical (unpaired) electrons. The van der Waals surface area contributed by atoms with E-state index >= 15 is 0 Å². The fraction of sp³-hybridized carbons (Fsp3) is 0.500. The van der Waals surface area contributed by atoms with Gasteiger partial charge in [-0.15, -0.1) is 0 Å². The average Bonchev–Trinajstić information content (AvgIpc) is 2.21. The van der Waals surface area contributed by atoms with Crippen LogP contribution in [0.4, 0.5) is 0 Å². The molecule has 0 spiro atoms. The largest absolute Gasteiger partial charge is 0.330 e.